The zero-order valence-electron chi connectivity index (χ0n) is 15.3. The molecule has 3 rings (SSSR count). The molecule has 2 heterocycles. The van der Waals surface area contributed by atoms with E-state index in [0.29, 0.717) is 44.7 Å². The number of hydrogen-bond acceptors (Lipinski definition) is 4. The summed E-state index contributed by atoms with van der Waals surface area (Å²) in [6, 6.07) is 8.88. The van der Waals surface area contributed by atoms with Crippen molar-refractivity contribution in [3.05, 3.63) is 46.2 Å². The highest BCUT2D eigenvalue weighted by atomic mass is 19.4. The molecule has 0 spiro atoms. The SMILES string of the molecule is O=C(c1cc2ccccc2[nH]c1=O)N1CCN(CCCOCC(F)(F)F)CC1. The van der Waals surface area contributed by atoms with Crippen molar-refractivity contribution in [3.8, 4) is 0 Å². The fourth-order valence-electron chi connectivity index (χ4n) is 3.23. The van der Waals surface area contributed by atoms with Gasteiger partial charge in [0.2, 0.25) is 0 Å². The number of ether oxygens (including phenoxy) is 1. The van der Waals surface area contributed by atoms with Gasteiger partial charge in [0.05, 0.1) is 0 Å². The van der Waals surface area contributed by atoms with Crippen LogP contribution in [-0.4, -0.2) is 72.8 Å². The number of amides is 1. The largest absolute Gasteiger partial charge is 0.411 e. The molecule has 1 N–H and O–H groups in total. The maximum absolute atomic E-state index is 12.7. The minimum atomic E-state index is -4.30. The van der Waals surface area contributed by atoms with Gasteiger partial charge in [0, 0.05) is 44.8 Å². The summed E-state index contributed by atoms with van der Waals surface area (Å²) in [5, 5.41) is 0.794. The Labute approximate surface area is 159 Å². The first-order valence-electron chi connectivity index (χ1n) is 9.12. The standard InChI is InChI=1S/C19H22F3N3O3/c20-19(21,22)13-28-11-3-6-24-7-9-25(10-8-24)18(27)15-12-14-4-1-2-5-16(14)23-17(15)26/h1-2,4-5,12H,3,6-11,13H2,(H,23,26). The number of nitrogens with one attached hydrogen (secondary N) is 1. The predicted molar refractivity (Wildman–Crippen MR) is 98.4 cm³/mol. The van der Waals surface area contributed by atoms with Crippen molar-refractivity contribution in [2.75, 3.05) is 45.9 Å². The van der Waals surface area contributed by atoms with Gasteiger partial charge in [-0.15, -0.1) is 0 Å². The van der Waals surface area contributed by atoms with Gasteiger partial charge < -0.3 is 14.6 Å². The second kappa shape index (κ2) is 8.74. The summed E-state index contributed by atoms with van der Waals surface area (Å²) in [6.45, 7) is 1.58. The summed E-state index contributed by atoms with van der Waals surface area (Å²) in [7, 11) is 0. The van der Waals surface area contributed by atoms with Crippen molar-refractivity contribution in [2.45, 2.75) is 12.6 Å². The van der Waals surface area contributed by atoms with Gasteiger partial charge >= 0.3 is 6.18 Å². The van der Waals surface area contributed by atoms with Crippen molar-refractivity contribution < 1.29 is 22.7 Å². The maximum Gasteiger partial charge on any atom is 0.411 e. The Morgan fingerprint density at radius 2 is 1.86 bits per heavy atom. The number of alkyl halides is 3. The molecule has 0 aliphatic carbocycles. The summed E-state index contributed by atoms with van der Waals surface area (Å²) in [6.07, 6.45) is -3.80. The highest BCUT2D eigenvalue weighted by Gasteiger charge is 2.27. The van der Waals surface area contributed by atoms with Gasteiger partial charge in [-0.05, 0) is 23.9 Å². The van der Waals surface area contributed by atoms with Crippen molar-refractivity contribution in [1.82, 2.24) is 14.8 Å². The number of carbonyl (C=O) groups is 1. The number of H-pyrrole nitrogens is 1. The molecule has 2 aromatic rings. The molecule has 1 aromatic carbocycles. The van der Waals surface area contributed by atoms with E-state index in [2.05, 4.69) is 14.6 Å². The first-order valence-corrected chi connectivity index (χ1v) is 9.12. The second-order valence-electron chi connectivity index (χ2n) is 6.75. The van der Waals surface area contributed by atoms with Gasteiger partial charge in [-0.25, -0.2) is 0 Å². The fraction of sp³-hybridized carbons (Fsp3) is 0.474. The second-order valence-corrected chi connectivity index (χ2v) is 6.75. The molecule has 9 heteroatoms. The Morgan fingerprint density at radius 1 is 1.14 bits per heavy atom. The number of piperazine rings is 1. The Hall–Kier alpha value is -2.39. The highest BCUT2D eigenvalue weighted by Crippen LogP contribution is 2.15. The molecule has 0 unspecified atom stereocenters. The topological polar surface area (TPSA) is 65.6 Å². The number of hydrogen-bond donors (Lipinski definition) is 1. The molecule has 1 aliphatic heterocycles. The minimum Gasteiger partial charge on any atom is -0.372 e. The number of carbonyl (C=O) groups excluding carboxylic acids is 1. The minimum absolute atomic E-state index is 0.0467. The number of para-hydroxylation sites is 1. The summed E-state index contributed by atoms with van der Waals surface area (Å²) in [4.78, 5) is 31.4. The number of pyridine rings is 1. The Kier molecular flexibility index (Phi) is 6.35. The van der Waals surface area contributed by atoms with Crippen LogP contribution in [0.1, 0.15) is 16.8 Å². The third-order valence-corrected chi connectivity index (χ3v) is 4.67. The molecular weight excluding hydrogens is 375 g/mol. The number of aromatic nitrogens is 1. The Morgan fingerprint density at radius 3 is 2.57 bits per heavy atom. The molecule has 1 amide bonds. The average Bonchev–Trinajstić information content (AvgIpc) is 2.66. The summed E-state index contributed by atoms with van der Waals surface area (Å²) in [5.41, 5.74) is 0.391. The molecule has 28 heavy (non-hydrogen) atoms. The molecular formula is C19H22F3N3O3. The molecule has 1 fully saturated rings. The number of fused-ring (bicyclic) bond motifs is 1. The van der Waals surface area contributed by atoms with Crippen molar-refractivity contribution in [3.63, 3.8) is 0 Å². The molecule has 0 saturated carbocycles. The van der Waals surface area contributed by atoms with E-state index in [-0.39, 0.29) is 18.1 Å². The van der Waals surface area contributed by atoms with Crippen LogP contribution in [0.25, 0.3) is 10.9 Å². The zero-order chi connectivity index (χ0) is 20.1. The van der Waals surface area contributed by atoms with Crippen LogP contribution in [0.4, 0.5) is 13.2 Å². The number of nitrogens with zero attached hydrogens (tertiary/aromatic N) is 2. The van der Waals surface area contributed by atoms with Crippen molar-refractivity contribution in [2.24, 2.45) is 0 Å². The van der Waals surface area contributed by atoms with Crippen molar-refractivity contribution in [1.29, 1.82) is 0 Å². The molecule has 0 radical (unpaired) electrons. The zero-order valence-corrected chi connectivity index (χ0v) is 15.3. The van der Waals surface area contributed by atoms with Gasteiger partial charge in [-0.3, -0.25) is 14.5 Å². The van der Waals surface area contributed by atoms with Gasteiger partial charge in [0.15, 0.2) is 0 Å². The third-order valence-electron chi connectivity index (χ3n) is 4.67. The highest BCUT2D eigenvalue weighted by molar-refractivity contribution is 5.97. The molecule has 0 atom stereocenters. The molecule has 6 nitrogen and oxygen atoms in total. The van der Waals surface area contributed by atoms with E-state index >= 15 is 0 Å². The first kappa shape index (κ1) is 20.3. The smallest absolute Gasteiger partial charge is 0.372 e. The number of rotatable bonds is 6. The molecule has 0 bridgehead atoms. The van der Waals surface area contributed by atoms with Crippen LogP contribution in [-0.2, 0) is 4.74 Å². The van der Waals surface area contributed by atoms with Crippen LogP contribution in [0.2, 0.25) is 0 Å². The molecule has 1 saturated heterocycles. The molecule has 1 aliphatic rings. The Balaban J connectivity index is 1.49. The third kappa shape index (κ3) is 5.32. The van der Waals surface area contributed by atoms with Gasteiger partial charge in [-0.2, -0.15) is 13.2 Å². The lowest BCUT2D eigenvalue weighted by Crippen LogP contribution is -2.49. The summed E-state index contributed by atoms with van der Waals surface area (Å²) < 4.78 is 40.6. The van der Waals surface area contributed by atoms with E-state index in [1.165, 1.54) is 0 Å². The lowest BCUT2D eigenvalue weighted by molar-refractivity contribution is -0.174. The summed E-state index contributed by atoms with van der Waals surface area (Å²) >= 11 is 0. The van der Waals surface area contributed by atoms with Crippen molar-refractivity contribution >= 4 is 16.8 Å². The van der Waals surface area contributed by atoms with Crippen LogP contribution >= 0.6 is 0 Å². The monoisotopic (exact) mass is 397 g/mol. The van der Waals surface area contributed by atoms with Crippen LogP contribution in [0, 0.1) is 0 Å². The van der Waals surface area contributed by atoms with Gasteiger partial charge in [0.1, 0.15) is 12.2 Å². The Bertz CT molecular complexity index is 874. The van der Waals surface area contributed by atoms with Gasteiger partial charge in [0.25, 0.3) is 11.5 Å². The number of halogens is 3. The van der Waals surface area contributed by atoms with E-state index < -0.39 is 18.3 Å². The fourth-order valence-corrected chi connectivity index (χ4v) is 3.23. The lowest BCUT2D eigenvalue weighted by Gasteiger charge is -2.34. The van der Waals surface area contributed by atoms with E-state index in [9.17, 15) is 22.8 Å². The first-order chi connectivity index (χ1) is 13.3. The van der Waals surface area contributed by atoms with Crippen LogP contribution in [0.5, 0.6) is 0 Å². The number of aromatic amines is 1. The average molecular weight is 397 g/mol. The summed E-state index contributed by atoms with van der Waals surface area (Å²) in [5.74, 6) is -0.305. The quantitative estimate of drug-likeness (QED) is 0.760. The van der Waals surface area contributed by atoms with E-state index in [0.717, 1.165) is 5.39 Å². The van der Waals surface area contributed by atoms with Crippen LogP contribution < -0.4 is 5.56 Å². The predicted octanol–water partition coefficient (Wildman–Crippen LogP) is 2.25. The van der Waals surface area contributed by atoms with Gasteiger partial charge in [-0.1, -0.05) is 18.2 Å². The van der Waals surface area contributed by atoms with Crippen LogP contribution in [0.15, 0.2) is 35.1 Å². The maximum atomic E-state index is 12.7. The van der Waals surface area contributed by atoms with Crippen LogP contribution in [0.3, 0.4) is 0 Å². The van der Waals surface area contributed by atoms with E-state index in [1.807, 2.05) is 18.2 Å². The molecule has 152 valence electrons. The van der Waals surface area contributed by atoms with E-state index in [4.69, 9.17) is 0 Å². The number of benzene rings is 1. The lowest BCUT2D eigenvalue weighted by atomic mass is 10.1. The normalized spacial score (nSPS) is 15.9. The molecule has 1 aromatic heterocycles. The van der Waals surface area contributed by atoms with E-state index in [1.54, 1.807) is 17.0 Å².